The van der Waals surface area contributed by atoms with E-state index in [0.717, 1.165) is 25.7 Å². The van der Waals surface area contributed by atoms with Gasteiger partial charge in [0.05, 0.1) is 29.2 Å². The van der Waals surface area contributed by atoms with Crippen LogP contribution in [-0.2, 0) is 29.1 Å². The predicted octanol–water partition coefficient (Wildman–Crippen LogP) is 4.32. The molecule has 2 aromatic rings. The number of nitrogens with one attached hydrogen (secondary N) is 3. The van der Waals surface area contributed by atoms with Crippen LogP contribution in [0.25, 0.3) is 10.8 Å². The zero-order valence-electron chi connectivity index (χ0n) is 32.7. The third-order valence-corrected chi connectivity index (χ3v) is 17.1. The Kier molecular flexibility index (Phi) is 10.4. The molecule has 308 valence electrons. The van der Waals surface area contributed by atoms with E-state index in [1.54, 1.807) is 6.92 Å². The lowest BCUT2D eigenvalue weighted by Crippen LogP contribution is -2.59. The van der Waals surface area contributed by atoms with Gasteiger partial charge in [-0.3, -0.25) is 19.1 Å². The fourth-order valence-corrected chi connectivity index (χ4v) is 11.7. The standard InChI is InChI=1S/C40H51IN6O9S/c1-22-9-5-6-10-24-19-40(24,36(50)46-57(52,53)38(3)13-14-38)43-32(48)30-17-27(55-34-29-12-8-7-11-28(29)33(54-4)44-45-34)21-47(30)35(49)31(23(2)15-22)42-37(51)56-26-16-25-18-39(25,41)20-26/h6-8,10-12,22-27,30-31H,5,9,13-21H2,1-4H3,(H,42,51)(H,43,48)(H,46,50)/b10-6-/t22-,23+,24+,25-,26-,27+,30-,31-,39+,40+/m0/s1. The molecule has 4 saturated carbocycles. The molecule has 5 fully saturated rings. The zero-order chi connectivity index (χ0) is 40.5. The van der Waals surface area contributed by atoms with E-state index in [1.165, 1.54) is 12.0 Å². The number of hydrogen-bond donors (Lipinski definition) is 3. The van der Waals surface area contributed by atoms with E-state index in [2.05, 4.69) is 55.1 Å². The van der Waals surface area contributed by atoms with Crippen LogP contribution in [0.4, 0.5) is 4.79 Å². The SMILES string of the molecule is COc1nnc(O[C@@H]2C[C@H]3C(=O)N[C@]4(C(=O)NS(=O)(=O)C5(C)CC5)C[C@H]4/C=C\CC[C@H](C)C[C@@H](C)[C@H](NC(=O)O[C@H]4C[C@H]5C[C@@]5(I)C4)C(=O)N3C2)c2ccccc12. The minimum absolute atomic E-state index is 0.0251. The molecule has 4 amide bonds. The molecule has 3 heterocycles. The van der Waals surface area contributed by atoms with Crippen LogP contribution in [0.15, 0.2) is 36.4 Å². The van der Waals surface area contributed by atoms with E-state index in [1.807, 2.05) is 43.3 Å². The molecule has 57 heavy (non-hydrogen) atoms. The summed E-state index contributed by atoms with van der Waals surface area (Å²) in [5.41, 5.74) is -1.53. The Morgan fingerprint density at radius 3 is 2.40 bits per heavy atom. The number of carbonyl (C=O) groups excluding carboxylic acids is 4. The van der Waals surface area contributed by atoms with Crippen LogP contribution < -0.4 is 24.8 Å². The van der Waals surface area contributed by atoms with Crippen LogP contribution in [0.1, 0.15) is 85.0 Å². The quantitative estimate of drug-likeness (QED) is 0.194. The summed E-state index contributed by atoms with van der Waals surface area (Å²) < 4.78 is 45.6. The molecule has 0 bridgehead atoms. The molecule has 0 spiro atoms. The lowest BCUT2D eigenvalue weighted by atomic mass is 9.88. The smallest absolute Gasteiger partial charge is 0.408 e. The summed E-state index contributed by atoms with van der Waals surface area (Å²) in [6.07, 6.45) is 8.06. The van der Waals surface area contributed by atoms with E-state index < -0.39 is 68.2 Å². The number of sulfonamides is 1. The first-order valence-electron chi connectivity index (χ1n) is 20.0. The average molecular weight is 919 g/mol. The largest absolute Gasteiger partial charge is 0.479 e. The number of rotatable bonds is 8. The second-order valence-electron chi connectivity index (χ2n) is 17.5. The van der Waals surface area contributed by atoms with Crippen molar-refractivity contribution in [1.29, 1.82) is 0 Å². The topological polar surface area (TPSA) is 195 Å². The Bertz CT molecular complexity index is 2120. The van der Waals surface area contributed by atoms with Crippen molar-refractivity contribution in [3.05, 3.63) is 36.4 Å². The first-order chi connectivity index (χ1) is 27.0. The Morgan fingerprint density at radius 2 is 1.72 bits per heavy atom. The van der Waals surface area contributed by atoms with Gasteiger partial charge in [-0.25, -0.2) is 13.2 Å². The molecular formula is C40H51IN6O9S. The van der Waals surface area contributed by atoms with Crippen LogP contribution in [0.2, 0.25) is 0 Å². The normalized spacial score (nSPS) is 36.3. The highest BCUT2D eigenvalue weighted by Gasteiger charge is 2.63. The summed E-state index contributed by atoms with van der Waals surface area (Å²) in [5.74, 6) is -1.49. The van der Waals surface area contributed by atoms with Gasteiger partial charge in [0, 0.05) is 15.8 Å². The minimum atomic E-state index is -4.00. The number of alkyl carbamates (subject to hydrolysis) is 1. The summed E-state index contributed by atoms with van der Waals surface area (Å²) in [6.45, 7) is 5.58. The third kappa shape index (κ3) is 7.78. The molecule has 1 aromatic heterocycles. The van der Waals surface area contributed by atoms with Crippen LogP contribution in [0.5, 0.6) is 11.8 Å². The van der Waals surface area contributed by atoms with Crippen molar-refractivity contribution in [3.63, 3.8) is 0 Å². The maximum Gasteiger partial charge on any atom is 0.408 e. The summed E-state index contributed by atoms with van der Waals surface area (Å²) >= 11 is 2.46. The van der Waals surface area contributed by atoms with Gasteiger partial charge in [-0.2, -0.15) is 0 Å². The van der Waals surface area contributed by atoms with Crippen LogP contribution >= 0.6 is 22.6 Å². The number of allylic oxidation sites excluding steroid dienone is 1. The number of methoxy groups -OCH3 is 1. The number of fused-ring (bicyclic) bond motifs is 4. The van der Waals surface area contributed by atoms with E-state index in [9.17, 15) is 27.6 Å². The number of ether oxygens (including phenoxy) is 3. The first kappa shape index (κ1) is 40.1. The van der Waals surface area contributed by atoms with Crippen molar-refractivity contribution >= 4 is 67.2 Å². The van der Waals surface area contributed by atoms with Crippen LogP contribution in [-0.4, -0.2) is 99.0 Å². The Labute approximate surface area is 346 Å². The maximum absolute atomic E-state index is 14.9. The lowest BCUT2D eigenvalue weighted by molar-refractivity contribution is -0.142. The molecule has 4 aliphatic carbocycles. The molecule has 1 saturated heterocycles. The Balaban J connectivity index is 1.10. The highest BCUT2D eigenvalue weighted by molar-refractivity contribution is 14.1. The van der Waals surface area contributed by atoms with E-state index in [0.29, 0.717) is 48.3 Å². The lowest BCUT2D eigenvalue weighted by Gasteiger charge is -2.33. The van der Waals surface area contributed by atoms with Crippen molar-refractivity contribution in [2.24, 2.45) is 23.7 Å². The molecular weight excluding hydrogens is 867 g/mol. The molecule has 6 aliphatic rings. The summed E-state index contributed by atoms with van der Waals surface area (Å²) in [6, 6.07) is 5.14. The number of hydrogen-bond acceptors (Lipinski definition) is 11. The molecule has 10 atom stereocenters. The van der Waals surface area contributed by atoms with Gasteiger partial charge in [0.2, 0.25) is 33.6 Å². The number of carbonyl (C=O) groups is 4. The minimum Gasteiger partial charge on any atom is -0.479 e. The van der Waals surface area contributed by atoms with Crippen molar-refractivity contribution in [2.45, 2.75) is 123 Å². The van der Waals surface area contributed by atoms with Gasteiger partial charge in [0.25, 0.3) is 5.91 Å². The van der Waals surface area contributed by atoms with E-state index in [4.69, 9.17) is 14.2 Å². The average Bonchev–Trinajstić information content (AvgIpc) is 4.11. The van der Waals surface area contributed by atoms with Crippen molar-refractivity contribution in [3.8, 4) is 11.8 Å². The van der Waals surface area contributed by atoms with Crippen molar-refractivity contribution < 1.29 is 41.8 Å². The van der Waals surface area contributed by atoms with E-state index in [-0.39, 0.29) is 46.6 Å². The number of amides is 4. The van der Waals surface area contributed by atoms with Gasteiger partial charge in [-0.05, 0) is 94.6 Å². The fraction of sp³-hybridized carbons (Fsp3) is 0.650. The number of halogens is 1. The van der Waals surface area contributed by atoms with Gasteiger partial charge in [0.15, 0.2) is 0 Å². The maximum atomic E-state index is 14.9. The monoisotopic (exact) mass is 918 g/mol. The third-order valence-electron chi connectivity index (χ3n) is 13.2. The number of benzene rings is 1. The Morgan fingerprint density at radius 1 is 1.00 bits per heavy atom. The van der Waals surface area contributed by atoms with Gasteiger partial charge < -0.3 is 29.7 Å². The van der Waals surface area contributed by atoms with Gasteiger partial charge in [0.1, 0.15) is 29.8 Å². The predicted molar refractivity (Wildman–Crippen MR) is 217 cm³/mol. The second-order valence-corrected chi connectivity index (χ2v) is 21.9. The van der Waals surface area contributed by atoms with Gasteiger partial charge >= 0.3 is 6.09 Å². The van der Waals surface area contributed by atoms with Gasteiger partial charge in [-0.1, -0.05) is 60.7 Å². The Hall–Kier alpha value is -3.74. The fourth-order valence-electron chi connectivity index (χ4n) is 9.12. The molecule has 15 nitrogen and oxygen atoms in total. The summed E-state index contributed by atoms with van der Waals surface area (Å²) in [4.78, 5) is 58.4. The highest BCUT2D eigenvalue weighted by atomic mass is 127. The summed E-state index contributed by atoms with van der Waals surface area (Å²) in [7, 11) is -2.51. The molecule has 0 radical (unpaired) electrons. The first-order valence-corrected chi connectivity index (χ1v) is 22.6. The zero-order valence-corrected chi connectivity index (χ0v) is 35.6. The molecule has 1 aromatic carbocycles. The molecule has 17 heteroatoms. The van der Waals surface area contributed by atoms with Gasteiger partial charge in [-0.15, -0.1) is 10.2 Å². The molecule has 0 unspecified atom stereocenters. The van der Waals surface area contributed by atoms with Crippen LogP contribution in [0.3, 0.4) is 0 Å². The molecule has 8 rings (SSSR count). The number of aromatic nitrogens is 2. The number of alkyl halides is 1. The second kappa shape index (κ2) is 14.8. The van der Waals surface area contributed by atoms with Crippen LogP contribution in [0, 0.1) is 23.7 Å². The van der Waals surface area contributed by atoms with Crippen molar-refractivity contribution in [1.82, 2.24) is 30.5 Å². The summed E-state index contributed by atoms with van der Waals surface area (Å²) in [5, 5.41) is 15.6. The molecule has 2 aliphatic heterocycles. The van der Waals surface area contributed by atoms with Crippen molar-refractivity contribution in [2.75, 3.05) is 13.7 Å². The highest BCUT2D eigenvalue weighted by Crippen LogP contribution is 2.62. The molecule has 3 N–H and O–H groups in total. The van der Waals surface area contributed by atoms with E-state index >= 15 is 0 Å². The number of nitrogens with zero attached hydrogens (tertiary/aromatic N) is 3.